The summed E-state index contributed by atoms with van der Waals surface area (Å²) in [5.74, 6) is -2.31. The first-order chi connectivity index (χ1) is 16.3. The van der Waals surface area contributed by atoms with Crippen LogP contribution in [0.4, 0.5) is 13.2 Å². The third kappa shape index (κ3) is 6.62. The molecule has 1 aliphatic heterocycles. The van der Waals surface area contributed by atoms with Crippen molar-refractivity contribution in [2.75, 3.05) is 6.54 Å². The fourth-order valence-corrected chi connectivity index (χ4v) is 4.47. The molecule has 2 aromatic rings. The number of aromatic nitrogens is 1. The summed E-state index contributed by atoms with van der Waals surface area (Å²) in [6, 6.07) is 5.96. The number of Topliss-reactive ketones (excluding diaryl/α,β-unsaturated/α-hetero) is 1. The first-order valence-corrected chi connectivity index (χ1v) is 11.5. The van der Waals surface area contributed by atoms with E-state index in [-0.39, 0.29) is 46.7 Å². The van der Waals surface area contributed by atoms with Crippen LogP contribution in [-0.4, -0.2) is 35.2 Å². The summed E-state index contributed by atoms with van der Waals surface area (Å²) in [5, 5.41) is 14.7. The number of alkyl halides is 3. The van der Waals surface area contributed by atoms with Gasteiger partial charge < -0.3 is 15.6 Å². The largest absolute Gasteiger partial charge is 0.417 e. The third-order valence-corrected chi connectivity index (χ3v) is 6.09. The van der Waals surface area contributed by atoms with Gasteiger partial charge in [0.1, 0.15) is 6.04 Å². The normalized spacial score (nSPS) is 18.1. The van der Waals surface area contributed by atoms with Gasteiger partial charge in [-0.2, -0.15) is 18.4 Å². The lowest BCUT2D eigenvalue weighted by molar-refractivity contribution is -0.136. The van der Waals surface area contributed by atoms with Gasteiger partial charge in [0.25, 0.3) is 0 Å². The second-order valence-electron chi connectivity index (χ2n) is 10.2. The minimum absolute atomic E-state index is 0.0112. The van der Waals surface area contributed by atoms with Crippen LogP contribution in [0.3, 0.4) is 0 Å². The van der Waals surface area contributed by atoms with E-state index in [1.54, 1.807) is 0 Å². The van der Waals surface area contributed by atoms with E-state index in [0.717, 1.165) is 6.07 Å². The molecule has 3 N–H and O–H groups in total. The number of rotatable bonds is 8. The second-order valence-corrected chi connectivity index (χ2v) is 10.2. The van der Waals surface area contributed by atoms with E-state index in [1.807, 2.05) is 26.8 Å². The van der Waals surface area contributed by atoms with Gasteiger partial charge >= 0.3 is 6.18 Å². The van der Waals surface area contributed by atoms with E-state index in [0.29, 0.717) is 19.4 Å². The van der Waals surface area contributed by atoms with Gasteiger partial charge in [0, 0.05) is 35.7 Å². The molecule has 3 atom stereocenters. The van der Waals surface area contributed by atoms with E-state index in [1.165, 1.54) is 18.2 Å². The zero-order valence-corrected chi connectivity index (χ0v) is 19.9. The van der Waals surface area contributed by atoms with Crippen molar-refractivity contribution in [3.8, 4) is 6.07 Å². The number of nitrogens with zero attached hydrogens (tertiary/aromatic N) is 1. The average molecular weight is 491 g/mol. The maximum absolute atomic E-state index is 13.4. The van der Waals surface area contributed by atoms with Crippen LogP contribution in [-0.2, 0) is 15.8 Å². The van der Waals surface area contributed by atoms with Gasteiger partial charge in [-0.1, -0.05) is 26.8 Å². The number of aromatic amines is 1. The van der Waals surface area contributed by atoms with E-state index in [4.69, 9.17) is 0 Å². The molecular weight excluding hydrogens is 461 g/mol. The lowest BCUT2D eigenvalue weighted by Crippen LogP contribution is -2.41. The molecule has 188 valence electrons. The molecule has 2 amide bonds. The Morgan fingerprint density at radius 1 is 1.26 bits per heavy atom. The highest BCUT2D eigenvalue weighted by atomic mass is 19.4. The minimum atomic E-state index is -4.57. The number of hydrogen-bond donors (Lipinski definition) is 3. The molecule has 0 spiro atoms. The van der Waals surface area contributed by atoms with Gasteiger partial charge in [0.05, 0.1) is 17.3 Å². The highest BCUT2D eigenvalue weighted by Gasteiger charge is 2.34. The Labute approximate surface area is 201 Å². The molecule has 35 heavy (non-hydrogen) atoms. The second kappa shape index (κ2) is 10.1. The number of nitriles is 1. The molecule has 2 heterocycles. The number of halogens is 3. The van der Waals surface area contributed by atoms with E-state index >= 15 is 0 Å². The summed E-state index contributed by atoms with van der Waals surface area (Å²) in [5.41, 5.74) is -1.01. The summed E-state index contributed by atoms with van der Waals surface area (Å²) in [6.45, 7) is 6.24. The molecule has 0 aliphatic carbocycles. The Bertz CT molecular complexity index is 1160. The Kier molecular flexibility index (Phi) is 7.58. The Hall–Kier alpha value is -3.35. The maximum atomic E-state index is 13.4. The molecule has 1 aromatic carbocycles. The summed E-state index contributed by atoms with van der Waals surface area (Å²) >= 11 is 0. The zero-order valence-electron chi connectivity index (χ0n) is 19.9. The van der Waals surface area contributed by atoms with Gasteiger partial charge in [0.15, 0.2) is 5.78 Å². The van der Waals surface area contributed by atoms with E-state index < -0.39 is 35.4 Å². The zero-order chi connectivity index (χ0) is 26.0. The molecular formula is C25H29F3N4O3. The van der Waals surface area contributed by atoms with Crippen LogP contribution in [0, 0.1) is 28.6 Å². The average Bonchev–Trinajstić information content (AvgIpc) is 3.36. The molecule has 1 saturated heterocycles. The van der Waals surface area contributed by atoms with E-state index in [9.17, 15) is 32.8 Å². The first-order valence-electron chi connectivity index (χ1n) is 11.5. The molecule has 1 fully saturated rings. The van der Waals surface area contributed by atoms with Crippen LogP contribution < -0.4 is 10.6 Å². The Balaban J connectivity index is 1.78. The van der Waals surface area contributed by atoms with Gasteiger partial charge in [-0.25, -0.2) is 0 Å². The van der Waals surface area contributed by atoms with Crippen molar-refractivity contribution in [3.05, 3.63) is 35.5 Å². The number of carbonyl (C=O) groups is 3. The summed E-state index contributed by atoms with van der Waals surface area (Å²) < 4.78 is 40.1. The molecule has 3 rings (SSSR count). The van der Waals surface area contributed by atoms with Crippen molar-refractivity contribution in [1.82, 2.24) is 15.6 Å². The molecule has 7 nitrogen and oxygen atoms in total. The van der Waals surface area contributed by atoms with Crippen LogP contribution >= 0.6 is 0 Å². The Morgan fingerprint density at radius 2 is 1.97 bits per heavy atom. The van der Waals surface area contributed by atoms with Crippen LogP contribution in [0.5, 0.6) is 0 Å². The van der Waals surface area contributed by atoms with Crippen molar-refractivity contribution < 1.29 is 27.6 Å². The van der Waals surface area contributed by atoms with E-state index in [2.05, 4.69) is 15.6 Å². The lowest BCUT2D eigenvalue weighted by atomic mass is 9.81. The number of carbonyl (C=O) groups excluding carboxylic acids is 3. The van der Waals surface area contributed by atoms with Crippen LogP contribution in [0.15, 0.2) is 24.3 Å². The fraction of sp³-hybridized carbons (Fsp3) is 0.520. The summed E-state index contributed by atoms with van der Waals surface area (Å²) in [7, 11) is 0. The molecule has 0 unspecified atom stereocenters. The minimum Gasteiger partial charge on any atom is -0.356 e. The van der Waals surface area contributed by atoms with Crippen molar-refractivity contribution >= 4 is 28.5 Å². The predicted molar refractivity (Wildman–Crippen MR) is 123 cm³/mol. The first kappa shape index (κ1) is 26.3. The van der Waals surface area contributed by atoms with Gasteiger partial charge in [-0.3, -0.25) is 14.4 Å². The predicted octanol–water partition coefficient (Wildman–Crippen LogP) is 4.35. The number of hydrogen-bond acceptors (Lipinski definition) is 4. The van der Waals surface area contributed by atoms with Gasteiger partial charge in [0.2, 0.25) is 11.8 Å². The number of fused-ring (bicyclic) bond motifs is 1. The quantitative estimate of drug-likeness (QED) is 0.477. The molecule has 0 saturated carbocycles. The molecule has 0 bridgehead atoms. The number of benzene rings is 1. The number of H-pyrrole nitrogens is 1. The van der Waals surface area contributed by atoms with Crippen LogP contribution in [0.2, 0.25) is 0 Å². The SMILES string of the molecule is CC(C)(C)C[C@H](CC(=O)c1cc2c(C(F)(F)F)cccc2[nH]1)C(=O)N[C@H](C#N)C[C@@H]1CCNC1=O. The molecule has 10 heteroatoms. The standard InChI is InChI=1S/C25H29F3N4O3/c1-24(2,3)12-15(23(35)31-16(13-29)9-14-7-8-30-22(14)34)10-21(33)20-11-17-18(25(26,27)28)5-4-6-19(17)32-20/h4-6,11,14-16,32H,7-10,12H2,1-3H3,(H,30,34)(H,31,35)/t14-,15-,16-/m0/s1. The lowest BCUT2D eigenvalue weighted by Gasteiger charge is -2.26. The van der Waals surface area contributed by atoms with Crippen LogP contribution in [0.1, 0.15) is 62.5 Å². The Morgan fingerprint density at radius 3 is 2.54 bits per heavy atom. The van der Waals surface area contributed by atoms with Gasteiger partial charge in [-0.15, -0.1) is 0 Å². The molecule has 1 aromatic heterocycles. The summed E-state index contributed by atoms with van der Waals surface area (Å²) in [4.78, 5) is 40.7. The van der Waals surface area contributed by atoms with Crippen molar-refractivity contribution in [3.63, 3.8) is 0 Å². The molecule has 1 aliphatic rings. The number of ketones is 1. The van der Waals surface area contributed by atoms with Crippen molar-refractivity contribution in [2.45, 2.75) is 58.7 Å². The number of nitrogens with one attached hydrogen (secondary N) is 3. The highest BCUT2D eigenvalue weighted by molar-refractivity contribution is 6.02. The highest BCUT2D eigenvalue weighted by Crippen LogP contribution is 2.35. The smallest absolute Gasteiger partial charge is 0.356 e. The molecule has 0 radical (unpaired) electrons. The summed E-state index contributed by atoms with van der Waals surface area (Å²) in [6.07, 6.45) is -3.73. The fourth-order valence-electron chi connectivity index (χ4n) is 4.47. The van der Waals surface area contributed by atoms with Gasteiger partial charge in [-0.05, 0) is 42.9 Å². The van der Waals surface area contributed by atoms with Crippen molar-refractivity contribution in [2.24, 2.45) is 17.3 Å². The topological polar surface area (TPSA) is 115 Å². The number of amides is 2. The monoisotopic (exact) mass is 490 g/mol. The van der Waals surface area contributed by atoms with Crippen molar-refractivity contribution in [1.29, 1.82) is 5.26 Å². The van der Waals surface area contributed by atoms with Crippen LogP contribution in [0.25, 0.3) is 10.9 Å². The maximum Gasteiger partial charge on any atom is 0.417 e. The third-order valence-electron chi connectivity index (χ3n) is 6.09.